The summed E-state index contributed by atoms with van der Waals surface area (Å²) in [6.07, 6.45) is 2.12. The van der Waals surface area contributed by atoms with Gasteiger partial charge in [0, 0.05) is 18.2 Å². The van der Waals surface area contributed by atoms with Gasteiger partial charge in [-0.05, 0) is 26.7 Å². The first-order chi connectivity index (χ1) is 10.9. The highest BCUT2D eigenvalue weighted by atomic mass is 16.6. The second-order valence-corrected chi connectivity index (χ2v) is 5.65. The third-order valence-corrected chi connectivity index (χ3v) is 3.65. The predicted molar refractivity (Wildman–Crippen MR) is 80.1 cm³/mol. The number of nitrogens with zero attached hydrogens (tertiary/aromatic N) is 1. The summed E-state index contributed by atoms with van der Waals surface area (Å²) in [5, 5.41) is 0. The van der Waals surface area contributed by atoms with Crippen molar-refractivity contribution in [2.24, 2.45) is 0 Å². The average Bonchev–Trinajstić information content (AvgIpc) is 2.95. The molecule has 0 aromatic carbocycles. The molecule has 1 aliphatic heterocycles. The highest BCUT2D eigenvalue weighted by Gasteiger charge is 2.28. The second kappa shape index (κ2) is 7.36. The van der Waals surface area contributed by atoms with Crippen LogP contribution in [0.15, 0.2) is 15.8 Å². The molecule has 0 bridgehead atoms. The number of aromatic nitrogens is 2. The predicted octanol–water partition coefficient (Wildman–Crippen LogP) is 0.435. The lowest BCUT2D eigenvalue weighted by molar-refractivity contribution is -0.149. The van der Waals surface area contributed by atoms with Gasteiger partial charge in [-0.1, -0.05) is 0 Å². The average molecular weight is 324 g/mol. The quantitative estimate of drug-likeness (QED) is 0.761. The van der Waals surface area contributed by atoms with Crippen LogP contribution in [0.4, 0.5) is 0 Å². The highest BCUT2D eigenvalue weighted by molar-refractivity contribution is 5.80. The Morgan fingerprint density at radius 2 is 2.09 bits per heavy atom. The van der Waals surface area contributed by atoms with E-state index in [-0.39, 0.29) is 31.3 Å². The molecule has 8 heteroatoms. The largest absolute Gasteiger partial charge is 0.463 e. The molecule has 23 heavy (non-hydrogen) atoms. The van der Waals surface area contributed by atoms with Crippen molar-refractivity contribution in [3.05, 3.63) is 32.6 Å². The first-order valence-electron chi connectivity index (χ1n) is 7.49. The van der Waals surface area contributed by atoms with Crippen molar-refractivity contribution in [2.45, 2.75) is 51.9 Å². The number of carbonyl (C=O) groups excluding carboxylic acids is 2. The number of ether oxygens (including phenoxy) is 2. The zero-order chi connectivity index (χ0) is 17.0. The lowest BCUT2D eigenvalue weighted by Crippen LogP contribution is -2.33. The van der Waals surface area contributed by atoms with E-state index in [1.54, 1.807) is 6.92 Å². The van der Waals surface area contributed by atoms with E-state index in [4.69, 9.17) is 9.47 Å². The van der Waals surface area contributed by atoms with Crippen LogP contribution in [0.5, 0.6) is 0 Å². The summed E-state index contributed by atoms with van der Waals surface area (Å²) in [5.41, 5.74) is -0.516. The first kappa shape index (κ1) is 17.1. The third-order valence-electron chi connectivity index (χ3n) is 3.65. The van der Waals surface area contributed by atoms with Crippen molar-refractivity contribution in [1.82, 2.24) is 9.55 Å². The van der Waals surface area contributed by atoms with Crippen molar-refractivity contribution in [2.75, 3.05) is 6.61 Å². The van der Waals surface area contributed by atoms with Crippen molar-refractivity contribution in [3.8, 4) is 0 Å². The minimum atomic E-state index is -0.523. The molecule has 1 aliphatic rings. The van der Waals surface area contributed by atoms with Gasteiger partial charge in [0.05, 0.1) is 12.5 Å². The zero-order valence-corrected chi connectivity index (χ0v) is 13.2. The number of ketones is 1. The molecule has 2 unspecified atom stereocenters. The van der Waals surface area contributed by atoms with Crippen molar-refractivity contribution in [1.29, 1.82) is 0 Å². The fraction of sp³-hybridized carbons (Fsp3) is 0.600. The Morgan fingerprint density at radius 1 is 1.35 bits per heavy atom. The molecule has 0 amide bonds. The van der Waals surface area contributed by atoms with Gasteiger partial charge in [0.25, 0.3) is 5.56 Å². The minimum Gasteiger partial charge on any atom is -0.463 e. The number of rotatable bonds is 6. The number of H-pyrrole nitrogens is 1. The van der Waals surface area contributed by atoms with Gasteiger partial charge in [-0.25, -0.2) is 4.79 Å². The summed E-state index contributed by atoms with van der Waals surface area (Å²) < 4.78 is 12.1. The molecule has 1 fully saturated rings. The molecular formula is C15H20N2O6. The van der Waals surface area contributed by atoms with Gasteiger partial charge >= 0.3 is 11.7 Å². The fourth-order valence-corrected chi connectivity index (χ4v) is 2.35. The molecule has 2 atom stereocenters. The molecule has 1 N–H and O–H groups in total. The number of hydrogen-bond acceptors (Lipinski definition) is 6. The minimum absolute atomic E-state index is 0.0596. The summed E-state index contributed by atoms with van der Waals surface area (Å²) >= 11 is 0. The Bertz CT molecular complexity index is 705. The maximum Gasteiger partial charge on any atom is 0.330 e. The van der Waals surface area contributed by atoms with Crippen LogP contribution >= 0.6 is 0 Å². The smallest absolute Gasteiger partial charge is 0.330 e. The van der Waals surface area contributed by atoms with E-state index in [1.807, 2.05) is 0 Å². The van der Waals surface area contributed by atoms with E-state index in [0.717, 1.165) is 0 Å². The zero-order valence-electron chi connectivity index (χ0n) is 13.2. The maximum atomic E-state index is 11.8. The number of aromatic amines is 1. The molecule has 2 rings (SSSR count). The maximum absolute atomic E-state index is 11.8. The van der Waals surface area contributed by atoms with Crippen LogP contribution in [0, 0.1) is 6.92 Å². The van der Waals surface area contributed by atoms with Gasteiger partial charge in [0.15, 0.2) is 0 Å². The van der Waals surface area contributed by atoms with E-state index in [9.17, 15) is 19.2 Å². The van der Waals surface area contributed by atoms with Gasteiger partial charge < -0.3 is 14.3 Å². The molecule has 1 saturated heterocycles. The summed E-state index contributed by atoms with van der Waals surface area (Å²) in [5.74, 6) is -0.503. The number of esters is 1. The molecule has 0 saturated carbocycles. The summed E-state index contributed by atoms with van der Waals surface area (Å²) in [7, 11) is 0. The normalized spacial score (nSPS) is 20.4. The molecule has 0 aliphatic carbocycles. The summed E-state index contributed by atoms with van der Waals surface area (Å²) in [6, 6.07) is 0. The molecule has 1 aromatic rings. The Balaban J connectivity index is 1.88. The third kappa shape index (κ3) is 4.62. The SMILES string of the molecule is CC(=O)CCC(=O)OCC1CCC(n2cc(C)c(=O)[nH]c2=O)O1. The summed E-state index contributed by atoms with van der Waals surface area (Å²) in [6.45, 7) is 3.12. The second-order valence-electron chi connectivity index (χ2n) is 5.65. The van der Waals surface area contributed by atoms with Gasteiger partial charge in [-0.15, -0.1) is 0 Å². The van der Waals surface area contributed by atoms with Crippen LogP contribution in [0.3, 0.4) is 0 Å². The summed E-state index contributed by atoms with van der Waals surface area (Å²) in [4.78, 5) is 47.7. The Labute approximate surface area is 132 Å². The van der Waals surface area contributed by atoms with E-state index in [0.29, 0.717) is 18.4 Å². The molecule has 0 spiro atoms. The van der Waals surface area contributed by atoms with Gasteiger partial charge in [0.1, 0.15) is 18.6 Å². The van der Waals surface area contributed by atoms with Crippen LogP contribution in [-0.2, 0) is 19.1 Å². The van der Waals surface area contributed by atoms with Crippen molar-refractivity contribution in [3.63, 3.8) is 0 Å². The molecule has 1 aromatic heterocycles. The molecular weight excluding hydrogens is 304 g/mol. The van der Waals surface area contributed by atoms with E-state index >= 15 is 0 Å². The highest BCUT2D eigenvalue weighted by Crippen LogP contribution is 2.27. The number of carbonyl (C=O) groups is 2. The van der Waals surface area contributed by atoms with Crippen LogP contribution < -0.4 is 11.2 Å². The van der Waals surface area contributed by atoms with Gasteiger partial charge in [-0.3, -0.25) is 19.1 Å². The fourth-order valence-electron chi connectivity index (χ4n) is 2.35. The number of aryl methyl sites for hydroxylation is 1. The van der Waals surface area contributed by atoms with E-state index in [1.165, 1.54) is 17.7 Å². The standard InChI is InChI=1S/C15H20N2O6/c1-9-7-17(15(21)16-14(9)20)12-5-4-11(23-12)8-22-13(19)6-3-10(2)18/h7,11-12H,3-6,8H2,1-2H3,(H,16,20,21). The first-order valence-corrected chi connectivity index (χ1v) is 7.49. The molecule has 0 radical (unpaired) electrons. The molecule has 2 heterocycles. The van der Waals surface area contributed by atoms with Crippen LogP contribution in [0.25, 0.3) is 0 Å². The number of Topliss-reactive ketones (excluding diaryl/α,β-unsaturated/α-hetero) is 1. The Hall–Kier alpha value is -2.22. The van der Waals surface area contributed by atoms with Crippen LogP contribution in [0.1, 0.15) is 44.4 Å². The lowest BCUT2D eigenvalue weighted by atomic mass is 10.2. The molecule has 8 nitrogen and oxygen atoms in total. The van der Waals surface area contributed by atoms with E-state index in [2.05, 4.69) is 4.98 Å². The lowest BCUT2D eigenvalue weighted by Gasteiger charge is -2.16. The molecule has 126 valence electrons. The van der Waals surface area contributed by atoms with Crippen molar-refractivity contribution >= 4 is 11.8 Å². The van der Waals surface area contributed by atoms with Gasteiger partial charge in [0.2, 0.25) is 0 Å². The number of hydrogen-bond donors (Lipinski definition) is 1. The van der Waals surface area contributed by atoms with Gasteiger partial charge in [-0.2, -0.15) is 0 Å². The topological polar surface area (TPSA) is 107 Å². The monoisotopic (exact) mass is 324 g/mol. The Morgan fingerprint density at radius 3 is 2.78 bits per heavy atom. The van der Waals surface area contributed by atoms with Crippen molar-refractivity contribution < 1.29 is 19.1 Å². The number of nitrogens with one attached hydrogen (secondary N) is 1. The van der Waals surface area contributed by atoms with Crippen LogP contribution in [-0.4, -0.2) is 34.0 Å². The Kier molecular flexibility index (Phi) is 5.49. The van der Waals surface area contributed by atoms with E-state index < -0.39 is 23.4 Å². The van der Waals surface area contributed by atoms with Crippen LogP contribution in [0.2, 0.25) is 0 Å².